The van der Waals surface area contributed by atoms with Crippen LogP contribution in [-0.4, -0.2) is 25.4 Å². The number of aldehydes is 1. The van der Waals surface area contributed by atoms with Crippen molar-refractivity contribution in [1.29, 1.82) is 0 Å². The Kier molecular flexibility index (Phi) is 7.44. The summed E-state index contributed by atoms with van der Waals surface area (Å²) in [5.74, 6) is 0.510. The first-order valence-corrected chi connectivity index (χ1v) is 5.04. The molecule has 0 fully saturated rings. The van der Waals surface area contributed by atoms with Gasteiger partial charge in [0.2, 0.25) is 0 Å². The zero-order valence-electron chi connectivity index (χ0n) is 8.92. The van der Waals surface area contributed by atoms with Crippen molar-refractivity contribution in [1.82, 2.24) is 0 Å². The van der Waals surface area contributed by atoms with E-state index >= 15 is 0 Å². The van der Waals surface area contributed by atoms with Crippen molar-refractivity contribution in [3.63, 3.8) is 0 Å². The van der Waals surface area contributed by atoms with Crippen molar-refractivity contribution in [2.45, 2.75) is 26.4 Å². The third-order valence-electron chi connectivity index (χ3n) is 1.86. The first kappa shape index (κ1) is 13.4. The lowest BCUT2D eigenvalue weighted by molar-refractivity contribution is -0.104. The summed E-state index contributed by atoms with van der Waals surface area (Å²) in [6.07, 6.45) is 5.05. The van der Waals surface area contributed by atoms with Crippen molar-refractivity contribution in [3.8, 4) is 0 Å². The van der Waals surface area contributed by atoms with Gasteiger partial charge < -0.3 is 4.74 Å². The minimum atomic E-state index is 0.00458. The number of hydrogen-bond acceptors (Lipinski definition) is 2. The van der Waals surface area contributed by atoms with Gasteiger partial charge in [-0.25, -0.2) is 0 Å². The summed E-state index contributed by atoms with van der Waals surface area (Å²) in [6.45, 7) is 3.86. The van der Waals surface area contributed by atoms with Gasteiger partial charge in [0.05, 0.1) is 6.10 Å². The molecule has 0 bridgehead atoms. The van der Waals surface area contributed by atoms with Crippen LogP contribution < -0.4 is 0 Å². The maximum Gasteiger partial charge on any atom is 0.142 e. The van der Waals surface area contributed by atoms with Crippen LogP contribution in [0.1, 0.15) is 20.3 Å². The Labute approximate surface area is 90.6 Å². The first-order valence-electron chi connectivity index (χ1n) is 4.51. The monoisotopic (exact) mass is 216 g/mol. The molecule has 80 valence electrons. The Morgan fingerprint density at radius 2 is 2.07 bits per heavy atom. The van der Waals surface area contributed by atoms with Gasteiger partial charge in [0.1, 0.15) is 6.29 Å². The average molecular weight is 217 g/mol. The first-order chi connectivity index (χ1) is 6.63. The van der Waals surface area contributed by atoms with Crippen molar-refractivity contribution in [3.05, 3.63) is 23.3 Å². The van der Waals surface area contributed by atoms with Gasteiger partial charge in [0.25, 0.3) is 0 Å². The molecule has 0 aliphatic rings. The molecule has 0 saturated heterocycles. The van der Waals surface area contributed by atoms with Crippen molar-refractivity contribution in [2.24, 2.45) is 0 Å². The largest absolute Gasteiger partial charge is 0.377 e. The second kappa shape index (κ2) is 7.77. The molecule has 3 heteroatoms. The second-order valence-electron chi connectivity index (χ2n) is 3.27. The van der Waals surface area contributed by atoms with Gasteiger partial charge in [-0.2, -0.15) is 0 Å². The predicted molar refractivity (Wildman–Crippen MR) is 59.7 cm³/mol. The van der Waals surface area contributed by atoms with E-state index < -0.39 is 0 Å². The SMILES string of the molecule is COC(/C=C(\C)CCl)C/C(C)=C/C=O. The predicted octanol–water partition coefficient (Wildman–Crippen LogP) is 2.72. The van der Waals surface area contributed by atoms with Crippen molar-refractivity contribution < 1.29 is 9.53 Å². The fourth-order valence-corrected chi connectivity index (χ4v) is 1.16. The number of methoxy groups -OCH3 is 1. The van der Waals surface area contributed by atoms with Crippen LogP contribution in [0, 0.1) is 0 Å². The van der Waals surface area contributed by atoms with E-state index in [1.165, 1.54) is 0 Å². The average Bonchev–Trinajstić information content (AvgIpc) is 2.16. The maximum atomic E-state index is 10.2. The number of rotatable bonds is 6. The molecular formula is C11H17ClO2. The van der Waals surface area contributed by atoms with E-state index in [-0.39, 0.29) is 6.10 Å². The molecule has 0 aliphatic heterocycles. The fourth-order valence-electron chi connectivity index (χ4n) is 1.07. The molecular weight excluding hydrogens is 200 g/mol. The molecule has 0 heterocycles. The van der Waals surface area contributed by atoms with Crippen LogP contribution in [0.5, 0.6) is 0 Å². The Morgan fingerprint density at radius 3 is 2.50 bits per heavy atom. The normalized spacial score (nSPS) is 15.4. The quantitative estimate of drug-likeness (QED) is 0.295. The molecule has 1 atom stereocenters. The summed E-state index contributed by atoms with van der Waals surface area (Å²) < 4.78 is 5.25. The van der Waals surface area contributed by atoms with Crippen LogP contribution in [0.2, 0.25) is 0 Å². The van der Waals surface area contributed by atoms with E-state index in [0.717, 1.165) is 23.9 Å². The van der Waals surface area contributed by atoms with Crippen LogP contribution in [0.25, 0.3) is 0 Å². The molecule has 0 radical (unpaired) electrons. The topological polar surface area (TPSA) is 26.3 Å². The third-order valence-corrected chi connectivity index (χ3v) is 2.28. The lowest BCUT2D eigenvalue weighted by Gasteiger charge is -2.11. The fraction of sp³-hybridized carbons (Fsp3) is 0.545. The lowest BCUT2D eigenvalue weighted by atomic mass is 10.1. The third kappa shape index (κ3) is 5.95. The molecule has 0 N–H and O–H groups in total. The van der Waals surface area contributed by atoms with E-state index in [1.807, 2.05) is 19.9 Å². The van der Waals surface area contributed by atoms with Gasteiger partial charge >= 0.3 is 0 Å². The zero-order chi connectivity index (χ0) is 11.0. The Hall–Kier alpha value is -0.600. The molecule has 0 aromatic carbocycles. The number of halogens is 1. The summed E-state index contributed by atoms with van der Waals surface area (Å²) in [7, 11) is 1.65. The minimum absolute atomic E-state index is 0.00458. The number of allylic oxidation sites excluding steroid dienone is 2. The van der Waals surface area contributed by atoms with Crippen LogP contribution in [0.4, 0.5) is 0 Å². The Balaban J connectivity index is 4.29. The number of carbonyl (C=O) groups excluding carboxylic acids is 1. The van der Waals surface area contributed by atoms with Gasteiger partial charge in [0, 0.05) is 13.0 Å². The van der Waals surface area contributed by atoms with E-state index in [0.29, 0.717) is 5.88 Å². The highest BCUT2D eigenvalue weighted by Crippen LogP contribution is 2.10. The van der Waals surface area contributed by atoms with E-state index in [4.69, 9.17) is 16.3 Å². The summed E-state index contributed by atoms with van der Waals surface area (Å²) in [5, 5.41) is 0. The highest BCUT2D eigenvalue weighted by Gasteiger charge is 2.04. The summed E-state index contributed by atoms with van der Waals surface area (Å²) in [6, 6.07) is 0. The molecule has 0 amide bonds. The van der Waals surface area contributed by atoms with Gasteiger partial charge in [-0.15, -0.1) is 11.6 Å². The van der Waals surface area contributed by atoms with Crippen molar-refractivity contribution in [2.75, 3.05) is 13.0 Å². The van der Waals surface area contributed by atoms with Gasteiger partial charge in [-0.3, -0.25) is 4.79 Å². The van der Waals surface area contributed by atoms with Gasteiger partial charge in [0.15, 0.2) is 0 Å². The molecule has 0 saturated carbocycles. The molecule has 14 heavy (non-hydrogen) atoms. The smallest absolute Gasteiger partial charge is 0.142 e. The van der Waals surface area contributed by atoms with Crippen LogP contribution >= 0.6 is 11.6 Å². The molecule has 0 aromatic rings. The highest BCUT2D eigenvalue weighted by atomic mass is 35.5. The molecule has 0 rings (SSSR count). The van der Waals surface area contributed by atoms with Crippen LogP contribution in [-0.2, 0) is 9.53 Å². The molecule has 0 spiro atoms. The van der Waals surface area contributed by atoms with E-state index in [1.54, 1.807) is 13.2 Å². The molecule has 1 unspecified atom stereocenters. The number of ether oxygens (including phenoxy) is 1. The summed E-state index contributed by atoms with van der Waals surface area (Å²) in [4.78, 5) is 10.2. The Morgan fingerprint density at radius 1 is 1.43 bits per heavy atom. The molecule has 0 aromatic heterocycles. The maximum absolute atomic E-state index is 10.2. The minimum Gasteiger partial charge on any atom is -0.377 e. The Bertz CT molecular complexity index is 231. The highest BCUT2D eigenvalue weighted by molar-refractivity contribution is 6.19. The summed E-state index contributed by atoms with van der Waals surface area (Å²) in [5.41, 5.74) is 2.09. The van der Waals surface area contributed by atoms with Gasteiger partial charge in [-0.1, -0.05) is 17.2 Å². The van der Waals surface area contributed by atoms with E-state index in [9.17, 15) is 4.79 Å². The van der Waals surface area contributed by atoms with Gasteiger partial charge in [-0.05, 0) is 26.3 Å². The number of hydrogen-bond donors (Lipinski definition) is 0. The lowest BCUT2D eigenvalue weighted by Crippen LogP contribution is -2.08. The number of carbonyl (C=O) groups is 1. The zero-order valence-corrected chi connectivity index (χ0v) is 9.67. The van der Waals surface area contributed by atoms with E-state index in [2.05, 4.69) is 0 Å². The second-order valence-corrected chi connectivity index (χ2v) is 3.54. The molecule has 0 aliphatic carbocycles. The van der Waals surface area contributed by atoms with Crippen molar-refractivity contribution >= 4 is 17.9 Å². The standard InChI is InChI=1S/C11H17ClO2/c1-9(4-5-13)6-11(14-3)7-10(2)8-12/h4-5,7,11H,6,8H2,1-3H3/b9-4+,10-7+. The summed E-state index contributed by atoms with van der Waals surface area (Å²) >= 11 is 5.66. The number of alkyl halides is 1. The van der Waals surface area contributed by atoms with Crippen LogP contribution in [0.3, 0.4) is 0 Å². The molecule has 2 nitrogen and oxygen atoms in total. The van der Waals surface area contributed by atoms with Crippen LogP contribution in [0.15, 0.2) is 23.3 Å².